The summed E-state index contributed by atoms with van der Waals surface area (Å²) in [6.07, 6.45) is 5.42. The predicted molar refractivity (Wildman–Crippen MR) is 109 cm³/mol. The monoisotopic (exact) mass is 404 g/mol. The van der Waals surface area contributed by atoms with Crippen molar-refractivity contribution in [3.05, 3.63) is 77.9 Å². The van der Waals surface area contributed by atoms with Gasteiger partial charge in [0.25, 0.3) is 0 Å². The van der Waals surface area contributed by atoms with Gasteiger partial charge in [-0.15, -0.1) is 0 Å². The molecule has 5 rings (SSSR count). The number of imidazole rings is 1. The second-order valence-electron chi connectivity index (χ2n) is 7.61. The molecule has 4 heterocycles. The average Bonchev–Trinajstić information content (AvgIpc) is 3.36. The van der Waals surface area contributed by atoms with Crippen molar-refractivity contribution >= 4 is 16.8 Å². The quantitative estimate of drug-likeness (QED) is 0.479. The van der Waals surface area contributed by atoms with Gasteiger partial charge in [-0.3, -0.25) is 19.4 Å². The number of pyridine rings is 1. The third kappa shape index (κ3) is 3.73. The lowest BCUT2D eigenvalue weighted by atomic mass is 10.1. The van der Waals surface area contributed by atoms with Crippen LogP contribution < -0.4 is 0 Å². The summed E-state index contributed by atoms with van der Waals surface area (Å²) in [6, 6.07) is 11.1. The summed E-state index contributed by atoms with van der Waals surface area (Å²) in [7, 11) is 0. The Hall–Kier alpha value is -3.39. The van der Waals surface area contributed by atoms with Gasteiger partial charge < -0.3 is 4.98 Å². The molecule has 1 aliphatic rings. The van der Waals surface area contributed by atoms with E-state index in [1.54, 1.807) is 18.5 Å². The van der Waals surface area contributed by atoms with Gasteiger partial charge in [-0.1, -0.05) is 12.1 Å². The maximum absolute atomic E-state index is 13.7. The highest BCUT2D eigenvalue weighted by atomic mass is 19.1. The lowest BCUT2D eigenvalue weighted by molar-refractivity contribution is 0.0882. The molecule has 152 valence electrons. The van der Waals surface area contributed by atoms with Crippen molar-refractivity contribution < 1.29 is 9.18 Å². The molecule has 4 aromatic rings. The molecular formula is C22H21FN6O. The van der Waals surface area contributed by atoms with E-state index < -0.39 is 0 Å². The Kier molecular flexibility index (Phi) is 4.84. The van der Waals surface area contributed by atoms with E-state index in [-0.39, 0.29) is 30.5 Å². The van der Waals surface area contributed by atoms with Crippen LogP contribution in [0.4, 0.5) is 4.39 Å². The number of likely N-dealkylation sites (tertiary alicyclic amines) is 1. The number of aryl methyl sites for hydroxylation is 1. The number of hydrogen-bond acceptors (Lipinski definition) is 5. The summed E-state index contributed by atoms with van der Waals surface area (Å²) in [5, 5.41) is 4.36. The number of benzene rings is 1. The Morgan fingerprint density at radius 3 is 2.90 bits per heavy atom. The molecule has 0 spiro atoms. The molecule has 1 aliphatic heterocycles. The molecular weight excluding hydrogens is 383 g/mol. The second-order valence-corrected chi connectivity index (χ2v) is 7.61. The van der Waals surface area contributed by atoms with E-state index in [2.05, 4.69) is 25.0 Å². The van der Waals surface area contributed by atoms with Crippen LogP contribution in [0.5, 0.6) is 0 Å². The van der Waals surface area contributed by atoms with E-state index in [1.807, 2.05) is 28.9 Å². The van der Waals surface area contributed by atoms with Crippen LogP contribution in [0.25, 0.3) is 11.0 Å². The molecule has 1 aromatic carbocycles. The van der Waals surface area contributed by atoms with Crippen molar-refractivity contribution in [1.82, 2.24) is 29.6 Å². The summed E-state index contributed by atoms with van der Waals surface area (Å²) in [4.78, 5) is 26.7. The summed E-state index contributed by atoms with van der Waals surface area (Å²) in [6.45, 7) is 2.46. The number of nitrogens with one attached hydrogen (secondary N) is 1. The summed E-state index contributed by atoms with van der Waals surface area (Å²) < 4.78 is 15.5. The van der Waals surface area contributed by atoms with E-state index in [4.69, 9.17) is 0 Å². The van der Waals surface area contributed by atoms with Crippen LogP contribution in [0.2, 0.25) is 0 Å². The first-order chi connectivity index (χ1) is 14.7. The summed E-state index contributed by atoms with van der Waals surface area (Å²) in [5.74, 6) is 0.525. The van der Waals surface area contributed by atoms with E-state index in [1.165, 1.54) is 12.3 Å². The molecule has 1 N–H and O–H groups in total. The Balaban J connectivity index is 1.14. The zero-order valence-electron chi connectivity index (χ0n) is 16.3. The van der Waals surface area contributed by atoms with E-state index in [9.17, 15) is 9.18 Å². The molecule has 0 aliphatic carbocycles. The van der Waals surface area contributed by atoms with Crippen molar-refractivity contribution in [2.75, 3.05) is 13.1 Å². The van der Waals surface area contributed by atoms with Gasteiger partial charge in [-0.25, -0.2) is 9.37 Å². The Labute approximate surface area is 172 Å². The van der Waals surface area contributed by atoms with Gasteiger partial charge in [0.05, 0.1) is 41.1 Å². The molecule has 0 bridgehead atoms. The smallest absolute Gasteiger partial charge is 0.166 e. The van der Waals surface area contributed by atoms with Gasteiger partial charge in [-0.2, -0.15) is 5.10 Å². The van der Waals surface area contributed by atoms with Crippen LogP contribution in [0, 0.1) is 5.82 Å². The molecule has 0 saturated carbocycles. The zero-order chi connectivity index (χ0) is 20.5. The van der Waals surface area contributed by atoms with E-state index in [0.717, 1.165) is 36.5 Å². The number of carbonyl (C=O) groups is 1. The highest BCUT2D eigenvalue weighted by Gasteiger charge is 2.29. The molecule has 30 heavy (non-hydrogen) atoms. The normalized spacial score (nSPS) is 14.8. The molecule has 1 saturated heterocycles. The number of fused-ring (bicyclic) bond motifs is 1. The number of hydrogen-bond donors (Lipinski definition) is 1. The van der Waals surface area contributed by atoms with Crippen molar-refractivity contribution in [1.29, 1.82) is 0 Å². The van der Waals surface area contributed by atoms with Crippen LogP contribution in [0.3, 0.4) is 0 Å². The standard InChI is InChI=1S/C22H21FN6O/c23-17-4-3-9-24-18(17)7-8-21(30)15-10-25-29(11-15)16-12-28(13-16)14-22-26-19-5-1-2-6-20(19)27-22/h1-6,9-11,16H,7-8,12-14H2,(H,26,27). The van der Waals surface area contributed by atoms with Gasteiger partial charge in [0.15, 0.2) is 5.78 Å². The van der Waals surface area contributed by atoms with Gasteiger partial charge in [0, 0.05) is 31.9 Å². The number of Topliss-reactive ketones (excluding diaryl/α,β-unsaturated/α-hetero) is 1. The summed E-state index contributed by atoms with van der Waals surface area (Å²) >= 11 is 0. The number of para-hydroxylation sites is 2. The molecule has 3 aromatic heterocycles. The second kappa shape index (κ2) is 7.79. The fourth-order valence-electron chi connectivity index (χ4n) is 3.79. The molecule has 1 fully saturated rings. The topological polar surface area (TPSA) is 79.7 Å². The molecule has 8 heteroatoms. The van der Waals surface area contributed by atoms with Crippen LogP contribution in [-0.4, -0.2) is 48.5 Å². The fourth-order valence-corrected chi connectivity index (χ4v) is 3.79. The first-order valence-electron chi connectivity index (χ1n) is 9.98. The third-order valence-electron chi connectivity index (χ3n) is 5.47. The van der Waals surface area contributed by atoms with E-state index >= 15 is 0 Å². The number of ketones is 1. The van der Waals surface area contributed by atoms with Crippen LogP contribution in [-0.2, 0) is 13.0 Å². The van der Waals surface area contributed by atoms with Crippen molar-refractivity contribution in [3.8, 4) is 0 Å². The van der Waals surface area contributed by atoms with Crippen LogP contribution in [0.15, 0.2) is 55.0 Å². The van der Waals surface area contributed by atoms with Crippen molar-refractivity contribution in [2.45, 2.75) is 25.4 Å². The lowest BCUT2D eigenvalue weighted by Crippen LogP contribution is -2.47. The number of aromatic amines is 1. The Bertz CT molecular complexity index is 1160. The van der Waals surface area contributed by atoms with Crippen LogP contribution in [0.1, 0.15) is 34.3 Å². The molecule has 7 nitrogen and oxygen atoms in total. The lowest BCUT2D eigenvalue weighted by Gasteiger charge is -2.38. The van der Waals surface area contributed by atoms with Crippen LogP contribution >= 0.6 is 0 Å². The maximum Gasteiger partial charge on any atom is 0.166 e. The van der Waals surface area contributed by atoms with Gasteiger partial charge in [0.2, 0.25) is 0 Å². The van der Waals surface area contributed by atoms with Crippen molar-refractivity contribution in [3.63, 3.8) is 0 Å². The third-order valence-corrected chi connectivity index (χ3v) is 5.47. The maximum atomic E-state index is 13.7. The number of halogens is 1. The highest BCUT2D eigenvalue weighted by molar-refractivity contribution is 5.95. The average molecular weight is 404 g/mol. The minimum atomic E-state index is -0.375. The number of nitrogens with zero attached hydrogens (tertiary/aromatic N) is 5. The molecule has 0 amide bonds. The summed E-state index contributed by atoms with van der Waals surface area (Å²) in [5.41, 5.74) is 2.90. The molecule has 0 radical (unpaired) electrons. The van der Waals surface area contributed by atoms with Crippen molar-refractivity contribution in [2.24, 2.45) is 0 Å². The fraction of sp³-hybridized carbons (Fsp3) is 0.273. The minimum absolute atomic E-state index is 0.0511. The highest BCUT2D eigenvalue weighted by Crippen LogP contribution is 2.23. The zero-order valence-corrected chi connectivity index (χ0v) is 16.3. The van der Waals surface area contributed by atoms with Gasteiger partial charge in [0.1, 0.15) is 11.6 Å². The molecule has 0 atom stereocenters. The number of H-pyrrole nitrogens is 1. The number of carbonyl (C=O) groups excluding carboxylic acids is 1. The SMILES string of the molecule is O=C(CCc1ncccc1F)c1cnn(C2CN(Cc3nc4ccccc4[nH]3)C2)c1. The molecule has 0 unspecified atom stereocenters. The van der Waals surface area contributed by atoms with E-state index in [0.29, 0.717) is 11.3 Å². The number of aromatic nitrogens is 5. The minimum Gasteiger partial charge on any atom is -0.341 e. The first kappa shape index (κ1) is 18.6. The van der Waals surface area contributed by atoms with Gasteiger partial charge in [-0.05, 0) is 30.7 Å². The number of rotatable bonds is 7. The Morgan fingerprint density at radius 1 is 1.20 bits per heavy atom. The predicted octanol–water partition coefficient (Wildman–Crippen LogP) is 3.17. The Morgan fingerprint density at radius 2 is 2.07 bits per heavy atom. The largest absolute Gasteiger partial charge is 0.341 e. The van der Waals surface area contributed by atoms with Gasteiger partial charge >= 0.3 is 0 Å². The first-order valence-corrected chi connectivity index (χ1v) is 9.98.